The van der Waals surface area contributed by atoms with Gasteiger partial charge in [0.15, 0.2) is 0 Å². The molecule has 280 valence electrons. The van der Waals surface area contributed by atoms with E-state index in [0.717, 1.165) is 0 Å². The van der Waals surface area contributed by atoms with Gasteiger partial charge in [-0.15, -0.1) is 0 Å². The third kappa shape index (κ3) is 35.6. The Morgan fingerprint density at radius 1 is 0.196 bits per heavy atom. The van der Waals surface area contributed by atoms with Crippen molar-refractivity contribution in [2.75, 3.05) is 26.2 Å². The molecule has 0 heterocycles. The lowest BCUT2D eigenvalue weighted by atomic mass is 10.0. The smallest absolute Gasteiger partial charge is 0.0786 e. The molecule has 0 rings (SSSR count). The van der Waals surface area contributed by atoms with E-state index in [0.29, 0.717) is 0 Å². The molecule has 46 heavy (non-hydrogen) atoms. The summed E-state index contributed by atoms with van der Waals surface area (Å²) >= 11 is 0. The van der Waals surface area contributed by atoms with Crippen molar-refractivity contribution in [2.45, 2.75) is 259 Å². The molecule has 0 aliphatic carbocycles. The Kier molecular flexibility index (Phi) is 43.5. The van der Waals surface area contributed by atoms with Crippen molar-refractivity contribution in [3.8, 4) is 0 Å². The molecule has 2 heteroatoms. The zero-order chi connectivity index (χ0) is 32.8. The average Bonchev–Trinajstić information content (AvgIpc) is 3.05. The van der Waals surface area contributed by atoms with Crippen LogP contribution in [-0.4, -0.2) is 30.7 Å². The molecule has 0 spiro atoms. The van der Waals surface area contributed by atoms with Gasteiger partial charge in [0.2, 0.25) is 0 Å². The maximum Gasteiger partial charge on any atom is 0.0786 e. The second-order valence-electron chi connectivity index (χ2n) is 15.5. The summed E-state index contributed by atoms with van der Waals surface area (Å²) in [5.41, 5.74) is 0. The number of nitrogens with zero attached hydrogens (tertiary/aromatic N) is 1. The number of halogens is 1. The van der Waals surface area contributed by atoms with E-state index in [1.165, 1.54) is 262 Å². The van der Waals surface area contributed by atoms with Crippen LogP contribution in [0.1, 0.15) is 259 Å². The molecule has 0 atom stereocenters. The van der Waals surface area contributed by atoms with Crippen LogP contribution in [0, 0.1) is 0 Å². The van der Waals surface area contributed by atoms with Crippen molar-refractivity contribution in [1.82, 2.24) is 0 Å². The molecular formula is C44H92ClN. The van der Waals surface area contributed by atoms with E-state index < -0.39 is 0 Å². The topological polar surface area (TPSA) is 0 Å². The minimum atomic E-state index is 0. The molecule has 0 aromatic carbocycles. The Morgan fingerprint density at radius 3 is 0.500 bits per heavy atom. The molecule has 0 aliphatic rings. The van der Waals surface area contributed by atoms with Gasteiger partial charge in [-0.3, -0.25) is 0 Å². The van der Waals surface area contributed by atoms with Crippen LogP contribution in [0.25, 0.3) is 0 Å². The quantitative estimate of drug-likeness (QED) is 0.0450. The molecule has 0 N–H and O–H groups in total. The highest BCUT2D eigenvalue weighted by molar-refractivity contribution is 4.55. The van der Waals surface area contributed by atoms with Crippen molar-refractivity contribution >= 4 is 0 Å². The Bertz CT molecular complexity index is 474. The number of quaternary nitrogens is 1. The molecule has 0 aliphatic heterocycles. The zero-order valence-electron chi connectivity index (χ0n) is 33.1. The predicted molar refractivity (Wildman–Crippen MR) is 209 cm³/mol. The first-order valence-electron chi connectivity index (χ1n) is 22.1. The van der Waals surface area contributed by atoms with Crippen LogP contribution < -0.4 is 12.4 Å². The highest BCUT2D eigenvalue weighted by atomic mass is 35.5. The summed E-state index contributed by atoms with van der Waals surface area (Å²) in [5.74, 6) is 0. The lowest BCUT2D eigenvalue weighted by molar-refractivity contribution is -0.929. The van der Waals surface area contributed by atoms with Gasteiger partial charge in [-0.05, 0) is 51.4 Å². The molecule has 0 saturated heterocycles. The number of hydrogen-bond donors (Lipinski definition) is 0. The summed E-state index contributed by atoms with van der Waals surface area (Å²) in [7, 11) is 0. The first-order valence-corrected chi connectivity index (χ1v) is 22.1. The van der Waals surface area contributed by atoms with Gasteiger partial charge in [-0.2, -0.15) is 0 Å². The van der Waals surface area contributed by atoms with Crippen molar-refractivity contribution in [3.05, 3.63) is 0 Å². The van der Waals surface area contributed by atoms with E-state index in [1.54, 1.807) is 0 Å². The summed E-state index contributed by atoms with van der Waals surface area (Å²) in [6.45, 7) is 15.3. The van der Waals surface area contributed by atoms with Gasteiger partial charge in [-0.1, -0.05) is 207 Å². The molecule has 0 unspecified atom stereocenters. The van der Waals surface area contributed by atoms with Crippen molar-refractivity contribution in [1.29, 1.82) is 0 Å². The molecule has 1 nitrogen and oxygen atoms in total. The number of unbranched alkanes of at least 4 members (excludes halogenated alkanes) is 32. The van der Waals surface area contributed by atoms with E-state index in [2.05, 4.69) is 27.7 Å². The molecule has 0 fully saturated rings. The second-order valence-corrected chi connectivity index (χ2v) is 15.5. The highest BCUT2D eigenvalue weighted by Gasteiger charge is 2.25. The predicted octanol–water partition coefficient (Wildman–Crippen LogP) is 12.9. The third-order valence-electron chi connectivity index (χ3n) is 10.9. The van der Waals surface area contributed by atoms with Gasteiger partial charge in [-0.25, -0.2) is 0 Å². The second kappa shape index (κ2) is 41.4. The minimum absolute atomic E-state index is 0. The Balaban J connectivity index is 0. The fraction of sp³-hybridized carbons (Fsp3) is 1.00. The summed E-state index contributed by atoms with van der Waals surface area (Å²) < 4.78 is 1.48. The normalized spacial score (nSPS) is 11.7. The number of hydrogen-bond acceptors (Lipinski definition) is 0. The van der Waals surface area contributed by atoms with E-state index in [1.807, 2.05) is 0 Å². The summed E-state index contributed by atoms with van der Waals surface area (Å²) in [6, 6.07) is 0. The standard InChI is InChI=1S/C44H92N.ClH/c1-5-9-13-17-19-21-23-25-27-29-31-33-35-39-43-45(41-37-15-11-7-3,42-38-16-12-8-4)44-40-36-34-32-30-28-26-24-22-20-18-14-10-6-2;/h5-44H2,1-4H3;1H/q+1;/p-1. The van der Waals surface area contributed by atoms with Crippen LogP contribution in [-0.2, 0) is 0 Å². The van der Waals surface area contributed by atoms with Crippen LogP contribution in [0.4, 0.5) is 0 Å². The van der Waals surface area contributed by atoms with Crippen LogP contribution in [0.2, 0.25) is 0 Å². The van der Waals surface area contributed by atoms with E-state index in [9.17, 15) is 0 Å². The maximum absolute atomic E-state index is 2.37. The van der Waals surface area contributed by atoms with Gasteiger partial charge >= 0.3 is 0 Å². The van der Waals surface area contributed by atoms with Crippen LogP contribution >= 0.6 is 0 Å². The minimum Gasteiger partial charge on any atom is -1.00 e. The van der Waals surface area contributed by atoms with Crippen molar-refractivity contribution in [2.24, 2.45) is 0 Å². The Hall–Kier alpha value is 0.250. The molecule has 0 aromatic rings. The van der Waals surface area contributed by atoms with E-state index in [-0.39, 0.29) is 12.4 Å². The van der Waals surface area contributed by atoms with Gasteiger partial charge in [0.1, 0.15) is 0 Å². The maximum atomic E-state index is 2.37. The highest BCUT2D eigenvalue weighted by Crippen LogP contribution is 2.21. The van der Waals surface area contributed by atoms with Crippen LogP contribution in [0.5, 0.6) is 0 Å². The lowest BCUT2D eigenvalue weighted by Gasteiger charge is -2.39. The van der Waals surface area contributed by atoms with E-state index >= 15 is 0 Å². The SMILES string of the molecule is CCCCCCCCCCCCCCCC[N+](CCCCCC)(CCCCCC)CCCCCCCCCCCCCCCC.[Cl-]. The van der Waals surface area contributed by atoms with Gasteiger partial charge in [0.05, 0.1) is 26.2 Å². The van der Waals surface area contributed by atoms with E-state index in [4.69, 9.17) is 0 Å². The number of rotatable bonds is 40. The van der Waals surface area contributed by atoms with Gasteiger partial charge in [0, 0.05) is 0 Å². The fourth-order valence-corrected chi connectivity index (χ4v) is 7.70. The molecule has 0 saturated carbocycles. The molecular weight excluding hydrogens is 578 g/mol. The van der Waals surface area contributed by atoms with Crippen molar-refractivity contribution in [3.63, 3.8) is 0 Å². The monoisotopic (exact) mass is 670 g/mol. The average molecular weight is 671 g/mol. The van der Waals surface area contributed by atoms with Crippen molar-refractivity contribution < 1.29 is 16.9 Å². The molecule has 0 bridgehead atoms. The first kappa shape index (κ1) is 48.4. The summed E-state index contributed by atoms with van der Waals surface area (Å²) in [5, 5.41) is 0. The largest absolute Gasteiger partial charge is 1.00 e. The summed E-state index contributed by atoms with van der Waals surface area (Å²) in [4.78, 5) is 0. The zero-order valence-corrected chi connectivity index (χ0v) is 33.9. The molecule has 0 amide bonds. The third-order valence-corrected chi connectivity index (χ3v) is 10.9. The summed E-state index contributed by atoms with van der Waals surface area (Å²) in [6.07, 6.45) is 52.7. The first-order chi connectivity index (χ1) is 22.2. The van der Waals surface area contributed by atoms with Crippen LogP contribution in [0.15, 0.2) is 0 Å². The Morgan fingerprint density at radius 2 is 0.326 bits per heavy atom. The fourth-order valence-electron chi connectivity index (χ4n) is 7.70. The van der Waals surface area contributed by atoms with Crippen LogP contribution in [0.3, 0.4) is 0 Å². The van der Waals surface area contributed by atoms with Gasteiger partial charge < -0.3 is 16.9 Å². The molecule has 0 radical (unpaired) electrons. The lowest BCUT2D eigenvalue weighted by Crippen LogP contribution is -3.00. The Labute approximate surface area is 301 Å². The van der Waals surface area contributed by atoms with Gasteiger partial charge in [0.25, 0.3) is 0 Å². The molecule has 0 aromatic heterocycles.